The molecular formula is C22H28N2O3. The van der Waals surface area contributed by atoms with Crippen molar-refractivity contribution in [1.29, 1.82) is 0 Å². The molecule has 1 heterocycles. The normalized spacial score (nSPS) is 15.4. The fourth-order valence-electron chi connectivity index (χ4n) is 3.31. The van der Waals surface area contributed by atoms with E-state index < -0.39 is 0 Å². The van der Waals surface area contributed by atoms with Crippen LogP contribution in [0.4, 0.5) is 5.69 Å². The number of carbonyl (C=O) groups is 1. The molecule has 27 heavy (non-hydrogen) atoms. The van der Waals surface area contributed by atoms with Gasteiger partial charge < -0.3 is 19.7 Å². The Morgan fingerprint density at radius 2 is 2.00 bits per heavy atom. The summed E-state index contributed by atoms with van der Waals surface area (Å²) < 4.78 is 11.2. The maximum absolute atomic E-state index is 12.2. The summed E-state index contributed by atoms with van der Waals surface area (Å²) in [7, 11) is 5.69. The number of benzene rings is 2. The Labute approximate surface area is 161 Å². The highest BCUT2D eigenvalue weighted by atomic mass is 16.5. The molecule has 0 saturated carbocycles. The second kappa shape index (κ2) is 8.80. The SMILES string of the molecule is COc1cccc2c1OC[C@@H](CNC(=O)CCc1ccc(N(C)C)cc1)C2. The Hall–Kier alpha value is -2.69. The number of para-hydroxylation sites is 1. The smallest absolute Gasteiger partial charge is 0.220 e. The number of methoxy groups -OCH3 is 1. The van der Waals surface area contributed by atoms with Crippen LogP contribution in [0.1, 0.15) is 17.5 Å². The third-order valence-electron chi connectivity index (χ3n) is 4.93. The average molecular weight is 368 g/mol. The zero-order valence-electron chi connectivity index (χ0n) is 16.3. The molecule has 1 N–H and O–H groups in total. The zero-order chi connectivity index (χ0) is 19.2. The molecule has 5 nitrogen and oxygen atoms in total. The van der Waals surface area contributed by atoms with E-state index in [4.69, 9.17) is 9.47 Å². The molecular weight excluding hydrogens is 340 g/mol. The molecule has 2 aromatic carbocycles. The number of nitrogens with zero attached hydrogens (tertiary/aromatic N) is 1. The van der Waals surface area contributed by atoms with Crippen molar-refractivity contribution in [3.63, 3.8) is 0 Å². The van der Waals surface area contributed by atoms with Gasteiger partial charge in [0.1, 0.15) is 0 Å². The molecule has 0 bridgehead atoms. The number of hydrogen-bond donors (Lipinski definition) is 1. The van der Waals surface area contributed by atoms with E-state index in [1.54, 1.807) is 7.11 Å². The quantitative estimate of drug-likeness (QED) is 0.816. The number of fused-ring (bicyclic) bond motifs is 1. The third kappa shape index (κ3) is 4.94. The molecule has 0 saturated heterocycles. The Bertz CT molecular complexity index is 772. The number of hydrogen-bond acceptors (Lipinski definition) is 4. The minimum atomic E-state index is 0.0862. The van der Waals surface area contributed by atoms with Crippen LogP contribution in [0.25, 0.3) is 0 Å². The van der Waals surface area contributed by atoms with E-state index in [2.05, 4.69) is 40.5 Å². The van der Waals surface area contributed by atoms with Gasteiger partial charge in [0.2, 0.25) is 5.91 Å². The van der Waals surface area contributed by atoms with Gasteiger partial charge in [-0.1, -0.05) is 24.3 Å². The van der Waals surface area contributed by atoms with Gasteiger partial charge in [0.15, 0.2) is 11.5 Å². The van der Waals surface area contributed by atoms with E-state index in [0.29, 0.717) is 19.6 Å². The molecule has 1 aliphatic heterocycles. The van der Waals surface area contributed by atoms with Crippen LogP contribution in [-0.2, 0) is 17.6 Å². The minimum Gasteiger partial charge on any atom is -0.493 e. The predicted octanol–water partition coefficient (Wildman–Crippen LogP) is 3.06. The van der Waals surface area contributed by atoms with Crippen LogP contribution >= 0.6 is 0 Å². The van der Waals surface area contributed by atoms with E-state index in [0.717, 1.165) is 35.6 Å². The summed E-state index contributed by atoms with van der Waals surface area (Å²) >= 11 is 0. The first kappa shape index (κ1) is 19.1. The van der Waals surface area contributed by atoms with E-state index in [-0.39, 0.29) is 11.8 Å². The number of aryl methyl sites for hydroxylation is 1. The first-order valence-corrected chi connectivity index (χ1v) is 9.38. The van der Waals surface area contributed by atoms with Crippen LogP contribution in [0.15, 0.2) is 42.5 Å². The molecule has 1 amide bonds. The summed E-state index contributed by atoms with van der Waals surface area (Å²) in [5, 5.41) is 3.05. The van der Waals surface area contributed by atoms with Crippen molar-refractivity contribution < 1.29 is 14.3 Å². The maximum atomic E-state index is 12.2. The number of anilines is 1. The Balaban J connectivity index is 1.44. The van der Waals surface area contributed by atoms with E-state index in [9.17, 15) is 4.79 Å². The van der Waals surface area contributed by atoms with Crippen LogP contribution in [0, 0.1) is 5.92 Å². The number of rotatable bonds is 7. The number of carbonyl (C=O) groups excluding carboxylic acids is 1. The monoisotopic (exact) mass is 368 g/mol. The van der Waals surface area contributed by atoms with Crippen molar-refractivity contribution in [3.05, 3.63) is 53.6 Å². The van der Waals surface area contributed by atoms with E-state index >= 15 is 0 Å². The van der Waals surface area contributed by atoms with Crippen molar-refractivity contribution in [2.75, 3.05) is 39.3 Å². The van der Waals surface area contributed by atoms with Gasteiger partial charge in [-0.15, -0.1) is 0 Å². The largest absolute Gasteiger partial charge is 0.493 e. The molecule has 0 unspecified atom stereocenters. The number of nitrogens with one attached hydrogen (secondary N) is 1. The van der Waals surface area contributed by atoms with Crippen LogP contribution in [0.3, 0.4) is 0 Å². The second-order valence-corrected chi connectivity index (χ2v) is 7.19. The highest BCUT2D eigenvalue weighted by molar-refractivity contribution is 5.76. The molecule has 1 atom stereocenters. The lowest BCUT2D eigenvalue weighted by Gasteiger charge is -2.26. The van der Waals surface area contributed by atoms with Gasteiger partial charge in [-0.05, 0) is 42.2 Å². The molecule has 0 aromatic heterocycles. The Morgan fingerprint density at radius 3 is 2.70 bits per heavy atom. The van der Waals surface area contributed by atoms with Crippen LogP contribution in [0.2, 0.25) is 0 Å². The summed E-state index contributed by atoms with van der Waals surface area (Å²) in [5.41, 5.74) is 3.48. The summed E-state index contributed by atoms with van der Waals surface area (Å²) in [4.78, 5) is 14.3. The van der Waals surface area contributed by atoms with Crippen molar-refractivity contribution in [1.82, 2.24) is 5.32 Å². The van der Waals surface area contributed by atoms with Crippen molar-refractivity contribution in [2.45, 2.75) is 19.3 Å². The van der Waals surface area contributed by atoms with Gasteiger partial charge in [-0.25, -0.2) is 0 Å². The van der Waals surface area contributed by atoms with Crippen molar-refractivity contribution in [3.8, 4) is 11.5 Å². The molecule has 0 radical (unpaired) electrons. The summed E-state index contributed by atoms with van der Waals surface area (Å²) in [6.07, 6.45) is 2.14. The lowest BCUT2D eigenvalue weighted by atomic mass is 9.96. The minimum absolute atomic E-state index is 0.0862. The molecule has 3 rings (SSSR count). The molecule has 5 heteroatoms. The Morgan fingerprint density at radius 1 is 1.22 bits per heavy atom. The molecule has 0 aliphatic carbocycles. The highest BCUT2D eigenvalue weighted by Gasteiger charge is 2.22. The van der Waals surface area contributed by atoms with Gasteiger partial charge in [0.25, 0.3) is 0 Å². The van der Waals surface area contributed by atoms with Gasteiger partial charge in [-0.2, -0.15) is 0 Å². The number of ether oxygens (including phenoxy) is 2. The summed E-state index contributed by atoms with van der Waals surface area (Å²) in [5.74, 6) is 1.98. The van der Waals surface area contributed by atoms with E-state index in [1.807, 2.05) is 26.2 Å². The van der Waals surface area contributed by atoms with Gasteiger partial charge in [0, 0.05) is 38.7 Å². The van der Waals surface area contributed by atoms with Gasteiger partial charge in [0.05, 0.1) is 13.7 Å². The van der Waals surface area contributed by atoms with Crippen LogP contribution in [0.5, 0.6) is 11.5 Å². The fourth-order valence-corrected chi connectivity index (χ4v) is 3.31. The van der Waals surface area contributed by atoms with Crippen LogP contribution < -0.4 is 19.7 Å². The first-order chi connectivity index (χ1) is 13.1. The van der Waals surface area contributed by atoms with Crippen LogP contribution in [-0.4, -0.2) is 40.3 Å². The zero-order valence-corrected chi connectivity index (χ0v) is 16.3. The lowest BCUT2D eigenvalue weighted by Crippen LogP contribution is -2.35. The standard InChI is InChI=1S/C22H28N2O3/c1-24(2)19-10-7-16(8-11-19)9-12-21(25)23-14-17-13-18-5-4-6-20(26-3)22(18)27-15-17/h4-8,10-11,17H,9,12-15H2,1-3H3,(H,23,25)/t17-/m1/s1. The molecule has 2 aromatic rings. The average Bonchev–Trinajstić information content (AvgIpc) is 2.70. The molecule has 0 spiro atoms. The van der Waals surface area contributed by atoms with Crippen molar-refractivity contribution in [2.24, 2.45) is 5.92 Å². The summed E-state index contributed by atoms with van der Waals surface area (Å²) in [6, 6.07) is 14.3. The first-order valence-electron chi connectivity index (χ1n) is 9.38. The highest BCUT2D eigenvalue weighted by Crippen LogP contribution is 2.35. The molecule has 144 valence electrons. The van der Waals surface area contributed by atoms with Gasteiger partial charge in [-0.3, -0.25) is 4.79 Å². The maximum Gasteiger partial charge on any atom is 0.220 e. The molecule has 1 aliphatic rings. The lowest BCUT2D eigenvalue weighted by molar-refractivity contribution is -0.121. The topological polar surface area (TPSA) is 50.8 Å². The van der Waals surface area contributed by atoms with Crippen molar-refractivity contribution >= 4 is 11.6 Å². The Kier molecular flexibility index (Phi) is 6.22. The number of amides is 1. The third-order valence-corrected chi connectivity index (χ3v) is 4.93. The summed E-state index contributed by atoms with van der Waals surface area (Å²) in [6.45, 7) is 1.23. The predicted molar refractivity (Wildman–Crippen MR) is 108 cm³/mol. The second-order valence-electron chi connectivity index (χ2n) is 7.19. The van der Waals surface area contributed by atoms with E-state index in [1.165, 1.54) is 5.56 Å². The van der Waals surface area contributed by atoms with Gasteiger partial charge >= 0.3 is 0 Å². The fraction of sp³-hybridized carbons (Fsp3) is 0.409. The molecule has 0 fully saturated rings.